The summed E-state index contributed by atoms with van der Waals surface area (Å²) in [6.07, 6.45) is 2.63. The van der Waals surface area contributed by atoms with Crippen LogP contribution >= 0.6 is 0 Å². The van der Waals surface area contributed by atoms with Crippen molar-refractivity contribution in [1.29, 1.82) is 0 Å². The Bertz CT molecular complexity index is 230. The van der Waals surface area contributed by atoms with Gasteiger partial charge < -0.3 is 24.0 Å². The molecule has 6 heteroatoms. The highest BCUT2D eigenvalue weighted by atomic mass is 28.4. The first-order valence-corrected chi connectivity index (χ1v) is 11.1. The predicted octanol–water partition coefficient (Wildman–Crippen LogP) is 1.64. The molecule has 0 aromatic rings. The van der Waals surface area contributed by atoms with E-state index in [1.165, 1.54) is 0 Å². The van der Waals surface area contributed by atoms with Gasteiger partial charge in [-0.05, 0) is 45.6 Å². The first-order valence-electron chi connectivity index (χ1n) is 7.70. The summed E-state index contributed by atoms with van der Waals surface area (Å²) in [6.45, 7) is 12.6. The van der Waals surface area contributed by atoms with Crippen molar-refractivity contribution in [3.8, 4) is 0 Å². The highest BCUT2D eigenvalue weighted by Crippen LogP contribution is 2.06. The first-order chi connectivity index (χ1) is 9.58. The SMILES string of the molecule is C[Si](C)(C)OCCOCCOCCOC1CCNCC1. The van der Waals surface area contributed by atoms with Gasteiger partial charge in [0, 0.05) is 0 Å². The molecule has 1 fully saturated rings. The second-order valence-electron chi connectivity index (χ2n) is 6.01. The molecule has 0 aromatic heterocycles. The minimum absolute atomic E-state index is 0.412. The van der Waals surface area contributed by atoms with Gasteiger partial charge in [-0.3, -0.25) is 0 Å². The summed E-state index contributed by atoms with van der Waals surface area (Å²) in [5, 5.41) is 3.32. The van der Waals surface area contributed by atoms with Crippen molar-refractivity contribution in [2.45, 2.75) is 38.6 Å². The lowest BCUT2D eigenvalue weighted by molar-refractivity contribution is -0.0216. The fourth-order valence-corrected chi connectivity index (χ4v) is 2.66. The molecule has 1 heterocycles. The van der Waals surface area contributed by atoms with Crippen LogP contribution in [0.4, 0.5) is 0 Å². The average Bonchev–Trinajstić information content (AvgIpc) is 2.41. The summed E-state index contributed by atoms with van der Waals surface area (Å²) in [5.41, 5.74) is 0. The van der Waals surface area contributed by atoms with Crippen LogP contribution < -0.4 is 5.32 Å². The van der Waals surface area contributed by atoms with E-state index >= 15 is 0 Å². The van der Waals surface area contributed by atoms with Crippen LogP contribution in [0.2, 0.25) is 19.6 Å². The molecule has 1 N–H and O–H groups in total. The third-order valence-corrected chi connectivity index (χ3v) is 4.07. The molecule has 0 atom stereocenters. The quantitative estimate of drug-likeness (QED) is 0.464. The third-order valence-electron chi connectivity index (χ3n) is 3.00. The number of rotatable bonds is 11. The Labute approximate surface area is 124 Å². The van der Waals surface area contributed by atoms with E-state index in [1.54, 1.807) is 0 Å². The molecule has 1 aliphatic rings. The van der Waals surface area contributed by atoms with Crippen LogP contribution in [0.1, 0.15) is 12.8 Å². The van der Waals surface area contributed by atoms with E-state index in [0.29, 0.717) is 45.7 Å². The van der Waals surface area contributed by atoms with E-state index in [9.17, 15) is 0 Å². The number of piperidine rings is 1. The summed E-state index contributed by atoms with van der Waals surface area (Å²) in [4.78, 5) is 0. The normalized spacial score (nSPS) is 17.6. The minimum Gasteiger partial charge on any atom is -0.415 e. The fourth-order valence-electron chi connectivity index (χ4n) is 1.96. The lowest BCUT2D eigenvalue weighted by Gasteiger charge is -2.22. The van der Waals surface area contributed by atoms with E-state index in [0.717, 1.165) is 25.9 Å². The van der Waals surface area contributed by atoms with Crippen LogP contribution in [0.3, 0.4) is 0 Å². The van der Waals surface area contributed by atoms with Crippen molar-refractivity contribution in [3.05, 3.63) is 0 Å². The lowest BCUT2D eigenvalue weighted by atomic mass is 10.1. The van der Waals surface area contributed by atoms with Crippen LogP contribution in [0.5, 0.6) is 0 Å². The third kappa shape index (κ3) is 10.8. The molecule has 20 heavy (non-hydrogen) atoms. The Kier molecular flexibility index (Phi) is 9.67. The second-order valence-corrected chi connectivity index (χ2v) is 10.5. The predicted molar refractivity (Wildman–Crippen MR) is 82.8 cm³/mol. The van der Waals surface area contributed by atoms with Crippen molar-refractivity contribution in [2.24, 2.45) is 0 Å². The van der Waals surface area contributed by atoms with Crippen molar-refractivity contribution < 1.29 is 18.6 Å². The molecular weight excluding hydrogens is 274 g/mol. The van der Waals surface area contributed by atoms with Crippen LogP contribution in [0, 0.1) is 0 Å². The van der Waals surface area contributed by atoms with Crippen LogP contribution in [0.25, 0.3) is 0 Å². The maximum absolute atomic E-state index is 5.74. The van der Waals surface area contributed by atoms with Crippen LogP contribution in [0.15, 0.2) is 0 Å². The summed E-state index contributed by atoms with van der Waals surface area (Å²) >= 11 is 0. The Balaban J connectivity index is 1.76. The molecule has 0 aliphatic carbocycles. The van der Waals surface area contributed by atoms with Gasteiger partial charge >= 0.3 is 0 Å². The van der Waals surface area contributed by atoms with Gasteiger partial charge in [0.15, 0.2) is 8.32 Å². The van der Waals surface area contributed by atoms with Gasteiger partial charge in [-0.25, -0.2) is 0 Å². The van der Waals surface area contributed by atoms with Crippen molar-refractivity contribution in [2.75, 3.05) is 52.7 Å². The van der Waals surface area contributed by atoms with E-state index in [4.69, 9.17) is 18.6 Å². The fraction of sp³-hybridized carbons (Fsp3) is 1.00. The number of ether oxygens (including phenoxy) is 3. The van der Waals surface area contributed by atoms with Gasteiger partial charge in [0.05, 0.1) is 45.7 Å². The van der Waals surface area contributed by atoms with Gasteiger partial charge in [-0.1, -0.05) is 0 Å². The molecule has 120 valence electrons. The summed E-state index contributed by atoms with van der Waals surface area (Å²) < 4.78 is 22.4. The summed E-state index contributed by atoms with van der Waals surface area (Å²) in [7, 11) is -1.39. The zero-order valence-electron chi connectivity index (χ0n) is 13.3. The smallest absolute Gasteiger partial charge is 0.183 e. The van der Waals surface area contributed by atoms with Crippen LogP contribution in [-0.4, -0.2) is 67.2 Å². The number of hydrogen-bond acceptors (Lipinski definition) is 5. The van der Waals surface area contributed by atoms with Crippen molar-refractivity contribution >= 4 is 8.32 Å². The molecule has 0 radical (unpaired) electrons. The Morgan fingerprint density at radius 2 is 1.40 bits per heavy atom. The topological polar surface area (TPSA) is 49.0 Å². The highest BCUT2D eigenvalue weighted by Gasteiger charge is 2.13. The van der Waals surface area contributed by atoms with Crippen molar-refractivity contribution in [1.82, 2.24) is 5.32 Å². The minimum atomic E-state index is -1.39. The molecule has 1 saturated heterocycles. The standard InChI is InChI=1S/C14H31NO4Si/c1-20(2,3)19-13-11-17-9-8-16-10-12-18-14-4-6-15-7-5-14/h14-15H,4-13H2,1-3H3. The molecule has 0 bridgehead atoms. The van der Waals surface area contributed by atoms with Gasteiger partial charge in [-0.2, -0.15) is 0 Å². The van der Waals surface area contributed by atoms with Gasteiger partial charge in [-0.15, -0.1) is 0 Å². The molecule has 0 amide bonds. The number of hydrogen-bond donors (Lipinski definition) is 1. The average molecular weight is 305 g/mol. The highest BCUT2D eigenvalue weighted by molar-refractivity contribution is 6.69. The van der Waals surface area contributed by atoms with E-state index in [2.05, 4.69) is 25.0 Å². The van der Waals surface area contributed by atoms with Gasteiger partial charge in [0.25, 0.3) is 0 Å². The Morgan fingerprint density at radius 1 is 0.850 bits per heavy atom. The zero-order chi connectivity index (χ0) is 14.7. The van der Waals surface area contributed by atoms with E-state index in [-0.39, 0.29) is 0 Å². The largest absolute Gasteiger partial charge is 0.415 e. The summed E-state index contributed by atoms with van der Waals surface area (Å²) in [6, 6.07) is 0. The molecule has 1 aliphatic heterocycles. The number of nitrogens with one attached hydrogen (secondary N) is 1. The zero-order valence-corrected chi connectivity index (χ0v) is 14.3. The molecule has 0 unspecified atom stereocenters. The van der Waals surface area contributed by atoms with E-state index < -0.39 is 8.32 Å². The van der Waals surface area contributed by atoms with E-state index in [1.807, 2.05) is 0 Å². The maximum Gasteiger partial charge on any atom is 0.183 e. The van der Waals surface area contributed by atoms with Gasteiger partial charge in [0.2, 0.25) is 0 Å². The van der Waals surface area contributed by atoms with Crippen LogP contribution in [-0.2, 0) is 18.6 Å². The monoisotopic (exact) mass is 305 g/mol. The molecule has 0 saturated carbocycles. The van der Waals surface area contributed by atoms with Gasteiger partial charge in [0.1, 0.15) is 0 Å². The Morgan fingerprint density at radius 3 is 2.00 bits per heavy atom. The first kappa shape index (κ1) is 18.1. The molecule has 0 spiro atoms. The Hall–Kier alpha value is 0.0169. The molecule has 0 aromatic carbocycles. The molecular formula is C14H31NO4Si. The van der Waals surface area contributed by atoms with Crippen molar-refractivity contribution in [3.63, 3.8) is 0 Å². The molecule has 5 nitrogen and oxygen atoms in total. The lowest BCUT2D eigenvalue weighted by Crippen LogP contribution is -2.33. The maximum atomic E-state index is 5.74. The molecule has 1 rings (SSSR count). The summed E-state index contributed by atoms with van der Waals surface area (Å²) in [5.74, 6) is 0. The second kappa shape index (κ2) is 10.7.